The number of H-pyrrole nitrogens is 1. The maximum Gasteiger partial charge on any atom is 0.324 e. The van der Waals surface area contributed by atoms with E-state index in [-0.39, 0.29) is 12.1 Å². The van der Waals surface area contributed by atoms with Crippen molar-refractivity contribution in [1.82, 2.24) is 25.3 Å². The number of likely N-dealkylation sites (tertiary alicyclic amines) is 1. The number of anilines is 1. The lowest BCUT2D eigenvalue weighted by molar-refractivity contribution is 0.163. The quantitative estimate of drug-likeness (QED) is 0.906. The molecule has 0 aliphatic carbocycles. The van der Waals surface area contributed by atoms with Gasteiger partial charge in [-0.05, 0) is 25.7 Å². The van der Waals surface area contributed by atoms with E-state index in [2.05, 4.69) is 32.6 Å². The number of piperidine rings is 1. The van der Waals surface area contributed by atoms with Gasteiger partial charge in [0.1, 0.15) is 5.01 Å². The van der Waals surface area contributed by atoms with Crippen molar-refractivity contribution in [2.24, 2.45) is 0 Å². The molecule has 1 unspecified atom stereocenters. The average molecular weight is 320 g/mol. The molecule has 8 heteroatoms. The summed E-state index contributed by atoms with van der Waals surface area (Å²) in [5, 5.41) is 19.4. The summed E-state index contributed by atoms with van der Waals surface area (Å²) in [4.78, 5) is 14.4. The second-order valence-corrected chi connectivity index (χ2v) is 6.48. The lowest BCUT2D eigenvalue weighted by atomic mass is 9.98. The molecule has 3 rings (SSSR count). The minimum atomic E-state index is -0.106. The molecule has 0 spiro atoms. The first-order chi connectivity index (χ1) is 10.8. The summed E-state index contributed by atoms with van der Waals surface area (Å²) < 4.78 is 0. The Kier molecular flexibility index (Phi) is 4.67. The van der Waals surface area contributed by atoms with Gasteiger partial charge in [0.2, 0.25) is 5.13 Å². The fraction of sp³-hybridized carbons (Fsp3) is 0.571. The van der Waals surface area contributed by atoms with Crippen LogP contribution in [0, 0.1) is 0 Å². The highest BCUT2D eigenvalue weighted by molar-refractivity contribution is 7.15. The largest absolute Gasteiger partial charge is 0.324 e. The van der Waals surface area contributed by atoms with Crippen molar-refractivity contribution >= 4 is 22.5 Å². The van der Waals surface area contributed by atoms with Crippen LogP contribution in [-0.2, 0) is 6.42 Å². The highest BCUT2D eigenvalue weighted by Gasteiger charge is 2.29. The smallest absolute Gasteiger partial charge is 0.317 e. The summed E-state index contributed by atoms with van der Waals surface area (Å²) in [6, 6.07) is -0.0272. The molecule has 2 amide bonds. The molecule has 2 aromatic heterocycles. The van der Waals surface area contributed by atoms with Gasteiger partial charge in [-0.15, -0.1) is 10.2 Å². The molecule has 118 valence electrons. The lowest BCUT2D eigenvalue weighted by Gasteiger charge is -2.34. The number of amides is 2. The SMILES string of the molecule is CCCc1nnc(NC(=O)N2CCCCC2c2cn[nH]c2)s1. The van der Waals surface area contributed by atoms with Crippen LogP contribution in [0.4, 0.5) is 9.93 Å². The zero-order valence-electron chi connectivity index (χ0n) is 12.6. The molecule has 0 saturated carbocycles. The van der Waals surface area contributed by atoms with Gasteiger partial charge in [0.25, 0.3) is 0 Å². The fourth-order valence-electron chi connectivity index (χ4n) is 2.75. The Morgan fingerprint density at radius 3 is 3.18 bits per heavy atom. The number of rotatable bonds is 4. The highest BCUT2D eigenvalue weighted by atomic mass is 32.1. The summed E-state index contributed by atoms with van der Waals surface area (Å²) in [6.07, 6.45) is 8.69. The van der Waals surface area contributed by atoms with Crippen LogP contribution in [0.3, 0.4) is 0 Å². The summed E-state index contributed by atoms with van der Waals surface area (Å²) in [7, 11) is 0. The van der Waals surface area contributed by atoms with Crippen molar-refractivity contribution in [3.05, 3.63) is 23.0 Å². The molecule has 1 atom stereocenters. The van der Waals surface area contributed by atoms with Crippen molar-refractivity contribution in [2.75, 3.05) is 11.9 Å². The number of urea groups is 1. The van der Waals surface area contributed by atoms with Gasteiger partial charge in [-0.2, -0.15) is 5.10 Å². The summed E-state index contributed by atoms with van der Waals surface area (Å²) in [6.45, 7) is 2.85. The summed E-state index contributed by atoms with van der Waals surface area (Å²) in [5.74, 6) is 0. The number of aryl methyl sites for hydroxylation is 1. The van der Waals surface area contributed by atoms with E-state index >= 15 is 0 Å². The Hall–Kier alpha value is -1.96. The molecule has 3 heterocycles. The van der Waals surface area contributed by atoms with E-state index in [0.29, 0.717) is 5.13 Å². The first-order valence-electron chi connectivity index (χ1n) is 7.66. The molecular weight excluding hydrogens is 300 g/mol. The van der Waals surface area contributed by atoms with Crippen LogP contribution in [0.2, 0.25) is 0 Å². The van der Waals surface area contributed by atoms with Crippen LogP contribution in [0.1, 0.15) is 49.2 Å². The standard InChI is InChI=1S/C14H20N6OS/c1-2-5-12-18-19-13(22-12)17-14(21)20-7-4-3-6-11(20)10-8-15-16-9-10/h8-9,11H,2-7H2,1H3,(H,15,16)(H,17,19,21). The van der Waals surface area contributed by atoms with Crippen LogP contribution in [0.15, 0.2) is 12.4 Å². The van der Waals surface area contributed by atoms with E-state index in [9.17, 15) is 4.79 Å². The lowest BCUT2D eigenvalue weighted by Crippen LogP contribution is -2.41. The van der Waals surface area contributed by atoms with Crippen molar-refractivity contribution < 1.29 is 4.79 Å². The maximum absolute atomic E-state index is 12.6. The van der Waals surface area contributed by atoms with Gasteiger partial charge in [0.15, 0.2) is 0 Å². The molecule has 0 radical (unpaired) electrons. The second kappa shape index (κ2) is 6.87. The van der Waals surface area contributed by atoms with Gasteiger partial charge in [-0.25, -0.2) is 4.79 Å². The maximum atomic E-state index is 12.6. The number of hydrogen-bond acceptors (Lipinski definition) is 5. The third-order valence-electron chi connectivity index (χ3n) is 3.81. The first kappa shape index (κ1) is 15.0. The number of carbonyl (C=O) groups is 1. The summed E-state index contributed by atoms with van der Waals surface area (Å²) >= 11 is 1.45. The van der Waals surface area contributed by atoms with Crippen molar-refractivity contribution in [2.45, 2.75) is 45.1 Å². The molecule has 1 fully saturated rings. The zero-order valence-corrected chi connectivity index (χ0v) is 13.4. The Morgan fingerprint density at radius 2 is 2.41 bits per heavy atom. The van der Waals surface area contributed by atoms with E-state index in [1.165, 1.54) is 11.3 Å². The molecule has 1 aliphatic heterocycles. The van der Waals surface area contributed by atoms with Crippen LogP contribution < -0.4 is 5.32 Å². The third-order valence-corrected chi connectivity index (χ3v) is 4.71. The zero-order chi connectivity index (χ0) is 15.4. The summed E-state index contributed by atoms with van der Waals surface area (Å²) in [5.41, 5.74) is 1.05. The van der Waals surface area contributed by atoms with Gasteiger partial charge >= 0.3 is 6.03 Å². The predicted molar refractivity (Wildman–Crippen MR) is 84.8 cm³/mol. The Balaban J connectivity index is 1.69. The number of nitrogens with one attached hydrogen (secondary N) is 2. The van der Waals surface area contributed by atoms with Gasteiger partial charge in [-0.1, -0.05) is 18.3 Å². The average Bonchev–Trinajstić information content (AvgIpc) is 3.19. The van der Waals surface area contributed by atoms with E-state index < -0.39 is 0 Å². The normalized spacial score (nSPS) is 18.4. The van der Waals surface area contributed by atoms with Crippen LogP contribution in [0.25, 0.3) is 0 Å². The minimum absolute atomic E-state index is 0.0792. The molecule has 22 heavy (non-hydrogen) atoms. The van der Waals surface area contributed by atoms with Crippen LogP contribution in [0.5, 0.6) is 0 Å². The van der Waals surface area contributed by atoms with Crippen molar-refractivity contribution in [3.63, 3.8) is 0 Å². The predicted octanol–water partition coefficient (Wildman–Crippen LogP) is 2.97. The Bertz CT molecular complexity index is 611. The number of aromatic nitrogens is 4. The molecule has 2 aromatic rings. The second-order valence-electron chi connectivity index (χ2n) is 5.42. The highest BCUT2D eigenvalue weighted by Crippen LogP contribution is 2.31. The van der Waals surface area contributed by atoms with Gasteiger partial charge in [0, 0.05) is 24.7 Å². The van der Waals surface area contributed by atoms with Gasteiger partial charge in [-0.3, -0.25) is 10.4 Å². The van der Waals surface area contributed by atoms with E-state index in [0.717, 1.165) is 49.2 Å². The third kappa shape index (κ3) is 3.27. The number of nitrogens with zero attached hydrogens (tertiary/aromatic N) is 4. The first-order valence-corrected chi connectivity index (χ1v) is 8.48. The topological polar surface area (TPSA) is 86.8 Å². The molecule has 1 aliphatic rings. The minimum Gasteiger partial charge on any atom is -0.317 e. The fourth-order valence-corrected chi connectivity index (χ4v) is 3.58. The molecule has 2 N–H and O–H groups in total. The molecule has 1 saturated heterocycles. The van der Waals surface area contributed by atoms with Gasteiger partial charge < -0.3 is 4.90 Å². The Labute approximate surface area is 133 Å². The van der Waals surface area contributed by atoms with Crippen LogP contribution >= 0.6 is 11.3 Å². The van der Waals surface area contributed by atoms with E-state index in [1.807, 2.05) is 11.1 Å². The monoisotopic (exact) mass is 320 g/mol. The molecular formula is C14H20N6OS. The molecule has 0 bridgehead atoms. The van der Waals surface area contributed by atoms with Crippen molar-refractivity contribution in [1.29, 1.82) is 0 Å². The molecule has 7 nitrogen and oxygen atoms in total. The van der Waals surface area contributed by atoms with Gasteiger partial charge in [0.05, 0.1) is 12.2 Å². The molecule has 0 aromatic carbocycles. The van der Waals surface area contributed by atoms with E-state index in [1.54, 1.807) is 6.20 Å². The number of aromatic amines is 1. The van der Waals surface area contributed by atoms with Crippen molar-refractivity contribution in [3.8, 4) is 0 Å². The number of carbonyl (C=O) groups excluding carboxylic acids is 1. The number of hydrogen-bond donors (Lipinski definition) is 2. The Morgan fingerprint density at radius 1 is 1.50 bits per heavy atom. The van der Waals surface area contributed by atoms with E-state index in [4.69, 9.17) is 0 Å². The van der Waals surface area contributed by atoms with Crippen LogP contribution in [-0.4, -0.2) is 37.9 Å².